The second-order valence-corrected chi connectivity index (χ2v) is 5.14. The predicted octanol–water partition coefficient (Wildman–Crippen LogP) is 2.31. The van der Waals surface area contributed by atoms with Crippen LogP contribution in [0.25, 0.3) is 0 Å². The number of benzene rings is 1. The van der Waals surface area contributed by atoms with Gasteiger partial charge in [-0.25, -0.2) is 0 Å². The molecule has 1 aromatic carbocycles. The molecule has 4 heteroatoms. The summed E-state index contributed by atoms with van der Waals surface area (Å²) in [5.41, 5.74) is 1.01. The number of aliphatic carboxylic acids is 1. The van der Waals surface area contributed by atoms with Gasteiger partial charge in [-0.3, -0.25) is 4.79 Å². The van der Waals surface area contributed by atoms with E-state index >= 15 is 0 Å². The van der Waals surface area contributed by atoms with Crippen molar-refractivity contribution in [2.45, 2.75) is 33.0 Å². The average molecular weight is 266 g/mol. The van der Waals surface area contributed by atoms with Gasteiger partial charge in [0.1, 0.15) is 0 Å². The molecule has 0 heterocycles. The van der Waals surface area contributed by atoms with Crippen molar-refractivity contribution in [1.29, 1.82) is 0 Å². The molecule has 4 nitrogen and oxygen atoms in total. The summed E-state index contributed by atoms with van der Waals surface area (Å²) >= 11 is 0. The van der Waals surface area contributed by atoms with Gasteiger partial charge < -0.3 is 14.9 Å². The van der Waals surface area contributed by atoms with Crippen LogP contribution in [0.2, 0.25) is 0 Å². The van der Waals surface area contributed by atoms with E-state index in [9.17, 15) is 9.90 Å². The summed E-state index contributed by atoms with van der Waals surface area (Å²) in [6.45, 7) is 4.30. The summed E-state index contributed by atoms with van der Waals surface area (Å²) in [5, 5.41) is 19.0. The van der Waals surface area contributed by atoms with Gasteiger partial charge in [0.15, 0.2) is 0 Å². The topological polar surface area (TPSA) is 66.8 Å². The third kappa shape index (κ3) is 5.85. The van der Waals surface area contributed by atoms with Crippen LogP contribution in [-0.2, 0) is 16.1 Å². The monoisotopic (exact) mass is 266 g/mol. The number of aliphatic hydroxyl groups excluding tert-OH is 1. The molecule has 0 aliphatic heterocycles. The van der Waals surface area contributed by atoms with Gasteiger partial charge in [-0.2, -0.15) is 0 Å². The van der Waals surface area contributed by atoms with Gasteiger partial charge in [0.25, 0.3) is 0 Å². The normalized spacial score (nSPS) is 14.3. The first-order chi connectivity index (χ1) is 9.00. The molecule has 0 aliphatic carbocycles. The summed E-state index contributed by atoms with van der Waals surface area (Å²) in [4.78, 5) is 11.1. The van der Waals surface area contributed by atoms with Crippen LogP contribution in [0.5, 0.6) is 0 Å². The zero-order chi connectivity index (χ0) is 14.3. The van der Waals surface area contributed by atoms with Crippen LogP contribution in [-0.4, -0.2) is 28.9 Å². The molecule has 1 aromatic rings. The van der Waals surface area contributed by atoms with Crippen molar-refractivity contribution in [3.8, 4) is 0 Å². The Balaban J connectivity index is 2.40. The number of ether oxygens (including phenoxy) is 1. The number of carbonyl (C=O) groups is 1. The Bertz CT molecular complexity index is 375. The van der Waals surface area contributed by atoms with Gasteiger partial charge in [-0.1, -0.05) is 44.2 Å². The molecule has 0 aromatic heterocycles. The van der Waals surface area contributed by atoms with Crippen molar-refractivity contribution in [3.05, 3.63) is 35.9 Å². The number of hydrogen-bond donors (Lipinski definition) is 2. The largest absolute Gasteiger partial charge is 0.481 e. The molecule has 106 valence electrons. The minimum Gasteiger partial charge on any atom is -0.481 e. The number of carboxylic acid groups (broad SMARTS) is 1. The van der Waals surface area contributed by atoms with Crippen LogP contribution in [0.1, 0.15) is 25.8 Å². The summed E-state index contributed by atoms with van der Waals surface area (Å²) in [5.74, 6) is -1.51. The summed E-state index contributed by atoms with van der Waals surface area (Å²) in [6.07, 6.45) is -0.519. The van der Waals surface area contributed by atoms with E-state index in [1.54, 1.807) is 0 Å². The van der Waals surface area contributed by atoms with E-state index in [-0.39, 0.29) is 12.5 Å². The maximum Gasteiger partial charge on any atom is 0.309 e. The van der Waals surface area contributed by atoms with Gasteiger partial charge in [-0.15, -0.1) is 0 Å². The summed E-state index contributed by atoms with van der Waals surface area (Å²) in [7, 11) is 0. The molecule has 0 fully saturated rings. The minimum atomic E-state index is -0.969. The van der Waals surface area contributed by atoms with Crippen molar-refractivity contribution in [3.63, 3.8) is 0 Å². The third-order valence-corrected chi connectivity index (χ3v) is 2.91. The molecule has 0 saturated heterocycles. The number of rotatable bonds is 8. The zero-order valence-electron chi connectivity index (χ0n) is 11.5. The lowest BCUT2D eigenvalue weighted by Crippen LogP contribution is -2.33. The van der Waals surface area contributed by atoms with Crippen LogP contribution >= 0.6 is 0 Å². The molecule has 19 heavy (non-hydrogen) atoms. The first-order valence-electron chi connectivity index (χ1n) is 6.53. The van der Waals surface area contributed by atoms with E-state index in [1.807, 2.05) is 44.2 Å². The minimum absolute atomic E-state index is 0.0403. The smallest absolute Gasteiger partial charge is 0.309 e. The van der Waals surface area contributed by atoms with E-state index < -0.39 is 18.0 Å². The van der Waals surface area contributed by atoms with Crippen molar-refractivity contribution in [1.82, 2.24) is 0 Å². The predicted molar refractivity (Wildman–Crippen MR) is 72.7 cm³/mol. The van der Waals surface area contributed by atoms with Gasteiger partial charge in [0.2, 0.25) is 0 Å². The van der Waals surface area contributed by atoms with Crippen molar-refractivity contribution >= 4 is 5.97 Å². The fourth-order valence-electron chi connectivity index (χ4n) is 1.92. The Hall–Kier alpha value is -1.39. The fourth-order valence-corrected chi connectivity index (χ4v) is 1.92. The van der Waals surface area contributed by atoms with Crippen LogP contribution in [0, 0.1) is 11.8 Å². The Morgan fingerprint density at radius 1 is 1.26 bits per heavy atom. The highest BCUT2D eigenvalue weighted by molar-refractivity contribution is 5.70. The number of aliphatic hydroxyl groups is 1. The Morgan fingerprint density at radius 2 is 1.89 bits per heavy atom. The van der Waals surface area contributed by atoms with E-state index in [2.05, 4.69) is 0 Å². The molecule has 2 N–H and O–H groups in total. The fraction of sp³-hybridized carbons (Fsp3) is 0.533. The van der Waals surface area contributed by atoms with Crippen molar-refractivity contribution in [2.24, 2.45) is 11.8 Å². The molecule has 0 spiro atoms. The van der Waals surface area contributed by atoms with Gasteiger partial charge in [0.05, 0.1) is 25.2 Å². The first-order valence-corrected chi connectivity index (χ1v) is 6.53. The molecule has 1 rings (SSSR count). The summed E-state index contributed by atoms with van der Waals surface area (Å²) < 4.78 is 5.38. The number of hydrogen-bond acceptors (Lipinski definition) is 3. The van der Waals surface area contributed by atoms with Gasteiger partial charge in [-0.05, 0) is 17.9 Å². The highest BCUT2D eigenvalue weighted by Gasteiger charge is 2.27. The quantitative estimate of drug-likeness (QED) is 0.757. The standard InChI is InChI=1S/C15H22O4/c1-11(2)8-13(15(17)18)14(16)10-19-9-12-6-4-3-5-7-12/h3-7,11,13-14,16H,8-10H2,1-2H3,(H,17,18)/t13-,14+/m0/s1. The lowest BCUT2D eigenvalue weighted by atomic mass is 9.92. The highest BCUT2D eigenvalue weighted by Crippen LogP contribution is 2.17. The van der Waals surface area contributed by atoms with E-state index in [1.165, 1.54) is 0 Å². The second-order valence-electron chi connectivity index (χ2n) is 5.14. The van der Waals surface area contributed by atoms with Crippen LogP contribution in [0.3, 0.4) is 0 Å². The Labute approximate surface area is 114 Å². The molecule has 0 bridgehead atoms. The molecular weight excluding hydrogens is 244 g/mol. The molecule has 0 amide bonds. The SMILES string of the molecule is CC(C)C[C@H](C(=O)O)[C@H](O)COCc1ccccc1. The van der Waals surface area contributed by atoms with Crippen LogP contribution in [0.15, 0.2) is 30.3 Å². The Kier molecular flexibility index (Phi) is 6.53. The lowest BCUT2D eigenvalue weighted by Gasteiger charge is -2.20. The first kappa shape index (κ1) is 15.7. The maximum atomic E-state index is 11.1. The van der Waals surface area contributed by atoms with Crippen LogP contribution in [0.4, 0.5) is 0 Å². The van der Waals surface area contributed by atoms with Crippen molar-refractivity contribution in [2.75, 3.05) is 6.61 Å². The molecule has 0 saturated carbocycles. The summed E-state index contributed by atoms with van der Waals surface area (Å²) in [6, 6.07) is 9.59. The second kappa shape index (κ2) is 7.92. The molecule has 0 unspecified atom stereocenters. The average Bonchev–Trinajstić information content (AvgIpc) is 2.36. The Morgan fingerprint density at radius 3 is 2.42 bits per heavy atom. The van der Waals surface area contributed by atoms with Crippen LogP contribution < -0.4 is 0 Å². The zero-order valence-corrected chi connectivity index (χ0v) is 11.5. The van der Waals surface area contributed by atoms with Crippen molar-refractivity contribution < 1.29 is 19.7 Å². The number of carboxylic acids is 1. The highest BCUT2D eigenvalue weighted by atomic mass is 16.5. The third-order valence-electron chi connectivity index (χ3n) is 2.91. The molecule has 0 radical (unpaired) electrons. The molecule has 0 aliphatic rings. The van der Waals surface area contributed by atoms with E-state index in [0.717, 1.165) is 5.56 Å². The van der Waals surface area contributed by atoms with E-state index in [0.29, 0.717) is 13.0 Å². The lowest BCUT2D eigenvalue weighted by molar-refractivity contribution is -0.148. The van der Waals surface area contributed by atoms with Gasteiger partial charge in [0, 0.05) is 0 Å². The van der Waals surface area contributed by atoms with E-state index in [4.69, 9.17) is 9.84 Å². The van der Waals surface area contributed by atoms with Gasteiger partial charge >= 0.3 is 5.97 Å². The molecular formula is C15H22O4. The molecule has 2 atom stereocenters. The maximum absolute atomic E-state index is 11.1.